The molecule has 3 heterocycles. The van der Waals surface area contributed by atoms with E-state index < -0.39 is 18.8 Å². The number of pyridine rings is 2. The third-order valence-corrected chi connectivity index (χ3v) is 7.09. The number of hydrogen-bond acceptors (Lipinski definition) is 7. The van der Waals surface area contributed by atoms with E-state index in [1.807, 2.05) is 36.4 Å². The van der Waals surface area contributed by atoms with Crippen molar-refractivity contribution in [3.63, 3.8) is 0 Å². The van der Waals surface area contributed by atoms with Crippen molar-refractivity contribution in [2.24, 2.45) is 0 Å². The van der Waals surface area contributed by atoms with Crippen molar-refractivity contribution < 1.29 is 4.39 Å². The summed E-state index contributed by atoms with van der Waals surface area (Å²) < 4.78 is 14.8. The average molecular weight is 555 g/mol. The Bertz CT molecular complexity index is 1630. The van der Waals surface area contributed by atoms with E-state index in [0.717, 1.165) is 17.5 Å². The molecule has 0 aliphatic heterocycles. The lowest BCUT2D eigenvalue weighted by Crippen LogP contribution is -2.14. The van der Waals surface area contributed by atoms with Crippen molar-refractivity contribution in [3.8, 4) is 6.07 Å². The quantitative estimate of drug-likeness (QED) is 0.191. The first kappa shape index (κ1) is 27.0. The Morgan fingerprint density at radius 2 is 1.88 bits per heavy atom. The molecule has 2 aromatic carbocycles. The average Bonchev–Trinajstić information content (AvgIpc) is 3.49. The molecule has 3 unspecified atom stereocenters. The van der Waals surface area contributed by atoms with E-state index in [1.54, 1.807) is 37.8 Å². The Hall–Kier alpha value is -4.55. The first-order valence-corrected chi connectivity index (χ1v) is 13.4. The summed E-state index contributed by atoms with van der Waals surface area (Å²) in [6, 6.07) is 18.9. The van der Waals surface area contributed by atoms with Gasteiger partial charge in [-0.15, -0.1) is 5.10 Å². The second-order valence-electron chi connectivity index (χ2n) is 9.52. The molecule has 0 spiro atoms. The molecule has 5 rings (SSSR count). The Morgan fingerprint density at radius 3 is 2.58 bits per heavy atom. The van der Waals surface area contributed by atoms with Crippen LogP contribution in [0.2, 0.25) is 5.02 Å². The van der Waals surface area contributed by atoms with E-state index in [-0.39, 0.29) is 6.04 Å². The van der Waals surface area contributed by atoms with Gasteiger partial charge in [0.2, 0.25) is 0 Å². The molecular weight excluding hydrogens is 527 g/mol. The summed E-state index contributed by atoms with van der Waals surface area (Å²) in [7, 11) is 0. The summed E-state index contributed by atoms with van der Waals surface area (Å²) in [6.07, 6.45) is 7.52. The van der Waals surface area contributed by atoms with Crippen LogP contribution >= 0.6 is 11.6 Å². The van der Waals surface area contributed by atoms with Gasteiger partial charge in [0.1, 0.15) is 18.4 Å². The Morgan fingerprint density at radius 1 is 1.07 bits per heavy atom. The van der Waals surface area contributed by atoms with E-state index in [2.05, 4.69) is 56.0 Å². The number of aromatic nitrogens is 5. The highest BCUT2D eigenvalue weighted by Crippen LogP contribution is 2.37. The first-order chi connectivity index (χ1) is 19.5. The molecule has 10 heteroatoms. The summed E-state index contributed by atoms with van der Waals surface area (Å²) in [5.41, 5.74) is 4.90. The van der Waals surface area contributed by atoms with E-state index in [4.69, 9.17) is 11.6 Å². The Kier molecular flexibility index (Phi) is 8.18. The van der Waals surface area contributed by atoms with Crippen LogP contribution in [0.25, 0.3) is 10.9 Å². The predicted molar refractivity (Wildman–Crippen MR) is 155 cm³/mol. The minimum Gasteiger partial charge on any atom is -0.377 e. The Balaban J connectivity index is 1.59. The number of nitrogens with zero attached hydrogens (tertiary/aromatic N) is 6. The van der Waals surface area contributed by atoms with Gasteiger partial charge in [-0.25, -0.2) is 9.07 Å². The van der Waals surface area contributed by atoms with Gasteiger partial charge in [-0.05, 0) is 42.7 Å². The molecule has 0 saturated carbocycles. The largest absolute Gasteiger partial charge is 0.377 e. The molecule has 0 aliphatic carbocycles. The van der Waals surface area contributed by atoms with Gasteiger partial charge in [-0.2, -0.15) is 5.26 Å². The zero-order valence-corrected chi connectivity index (χ0v) is 22.8. The van der Waals surface area contributed by atoms with Crippen LogP contribution in [0.4, 0.5) is 15.8 Å². The molecule has 0 bridgehead atoms. The fraction of sp³-hybridized carbons (Fsp3) is 0.233. The monoisotopic (exact) mass is 554 g/mol. The zero-order chi connectivity index (χ0) is 28.1. The van der Waals surface area contributed by atoms with E-state index in [0.29, 0.717) is 38.6 Å². The molecule has 0 radical (unpaired) electrons. The summed E-state index contributed by atoms with van der Waals surface area (Å²) in [6.45, 7) is 3.27. The van der Waals surface area contributed by atoms with E-state index >= 15 is 0 Å². The third kappa shape index (κ3) is 5.58. The highest BCUT2D eigenvalue weighted by molar-refractivity contribution is 6.35. The molecule has 0 amide bonds. The van der Waals surface area contributed by atoms with Crippen molar-refractivity contribution in [1.29, 1.82) is 5.26 Å². The van der Waals surface area contributed by atoms with Gasteiger partial charge in [-0.3, -0.25) is 9.97 Å². The van der Waals surface area contributed by atoms with E-state index in [9.17, 15) is 9.65 Å². The molecule has 0 fully saturated rings. The van der Waals surface area contributed by atoms with Crippen LogP contribution in [0.3, 0.4) is 0 Å². The standard InChI is InChI=1S/C30H28ClFN8/c1-3-26(20-8-5-4-6-9-20)37-28-22(15-33)17-35-30-24(28)12-23(13-25(30)31)36-29(21-10-7-11-34-16-21)27-18-40(39-38-27)19(2)14-32/h4-13,16-19,26,29,36H,3,14H2,1-2H3,(H,35,37). The van der Waals surface area contributed by atoms with Gasteiger partial charge in [0.05, 0.1) is 46.1 Å². The van der Waals surface area contributed by atoms with Gasteiger partial charge in [-0.1, -0.05) is 60.1 Å². The maximum Gasteiger partial charge on any atom is 0.112 e. The normalized spacial score (nSPS) is 13.4. The highest BCUT2D eigenvalue weighted by Gasteiger charge is 2.22. The molecule has 202 valence electrons. The molecule has 40 heavy (non-hydrogen) atoms. The number of rotatable bonds is 10. The van der Waals surface area contributed by atoms with Crippen LogP contribution in [0.1, 0.15) is 60.8 Å². The zero-order valence-electron chi connectivity index (χ0n) is 22.1. The number of hydrogen-bond donors (Lipinski definition) is 2. The van der Waals surface area contributed by atoms with Gasteiger partial charge in [0.25, 0.3) is 0 Å². The second kappa shape index (κ2) is 12.1. The van der Waals surface area contributed by atoms with Crippen molar-refractivity contribution in [3.05, 3.63) is 107 Å². The summed E-state index contributed by atoms with van der Waals surface area (Å²) in [5.74, 6) is 0. The second-order valence-corrected chi connectivity index (χ2v) is 9.93. The SMILES string of the molecule is CCC(Nc1c(C#N)cnc2c(Cl)cc(NC(c3cccnc3)c3cn(C(C)CF)nn3)cc12)c1ccccc1. The summed E-state index contributed by atoms with van der Waals surface area (Å²) >= 11 is 6.76. The number of halogens is 2. The number of alkyl halides is 1. The van der Waals surface area contributed by atoms with Crippen LogP contribution in [-0.2, 0) is 0 Å². The van der Waals surface area contributed by atoms with Crippen molar-refractivity contribution in [1.82, 2.24) is 25.0 Å². The Labute approximate surface area is 236 Å². The maximum absolute atomic E-state index is 13.3. The van der Waals surface area contributed by atoms with Gasteiger partial charge in [0.15, 0.2) is 0 Å². The molecule has 3 aromatic heterocycles. The number of benzene rings is 2. The summed E-state index contributed by atoms with van der Waals surface area (Å²) in [5, 5.41) is 26.6. The smallest absolute Gasteiger partial charge is 0.112 e. The number of anilines is 2. The molecule has 8 nitrogen and oxygen atoms in total. The van der Waals surface area contributed by atoms with Crippen LogP contribution in [0, 0.1) is 11.3 Å². The number of nitrogens with one attached hydrogen (secondary N) is 2. The molecule has 2 N–H and O–H groups in total. The van der Waals surface area contributed by atoms with Crippen molar-refractivity contribution in [2.45, 2.75) is 38.4 Å². The lowest BCUT2D eigenvalue weighted by atomic mass is 10.0. The van der Waals surface area contributed by atoms with Crippen molar-refractivity contribution in [2.75, 3.05) is 17.3 Å². The summed E-state index contributed by atoms with van der Waals surface area (Å²) in [4.78, 5) is 8.76. The van der Waals surface area contributed by atoms with Gasteiger partial charge in [0, 0.05) is 29.7 Å². The molecule has 0 saturated heterocycles. The van der Waals surface area contributed by atoms with Crippen LogP contribution in [0.15, 0.2) is 79.4 Å². The number of fused-ring (bicyclic) bond motifs is 1. The number of nitriles is 1. The first-order valence-electron chi connectivity index (χ1n) is 13.0. The minimum atomic E-state index is -0.556. The predicted octanol–water partition coefficient (Wildman–Crippen LogP) is 7.04. The molecular formula is C30H28ClFN8. The molecule has 5 aromatic rings. The minimum absolute atomic E-state index is 0.0232. The highest BCUT2D eigenvalue weighted by atomic mass is 35.5. The van der Waals surface area contributed by atoms with Gasteiger partial charge >= 0.3 is 0 Å². The lowest BCUT2D eigenvalue weighted by molar-refractivity contribution is 0.351. The topological polar surface area (TPSA) is 104 Å². The lowest BCUT2D eigenvalue weighted by Gasteiger charge is -2.22. The third-order valence-electron chi connectivity index (χ3n) is 6.80. The molecule has 3 atom stereocenters. The van der Waals surface area contributed by atoms with Crippen molar-refractivity contribution >= 4 is 33.9 Å². The molecule has 0 aliphatic rings. The fourth-order valence-electron chi connectivity index (χ4n) is 4.61. The van der Waals surface area contributed by atoms with E-state index in [1.165, 1.54) is 4.68 Å². The fourth-order valence-corrected chi connectivity index (χ4v) is 4.88. The van der Waals surface area contributed by atoms with Crippen LogP contribution < -0.4 is 10.6 Å². The van der Waals surface area contributed by atoms with Crippen LogP contribution in [-0.4, -0.2) is 31.6 Å². The maximum atomic E-state index is 13.3. The van der Waals surface area contributed by atoms with Crippen LogP contribution in [0.5, 0.6) is 0 Å². The van der Waals surface area contributed by atoms with Gasteiger partial charge < -0.3 is 10.6 Å².